The van der Waals surface area contributed by atoms with Crippen molar-refractivity contribution in [3.63, 3.8) is 0 Å². The summed E-state index contributed by atoms with van der Waals surface area (Å²) < 4.78 is 6.12. The summed E-state index contributed by atoms with van der Waals surface area (Å²) in [4.78, 5) is 11.8. The zero-order chi connectivity index (χ0) is 18.7. The fraction of sp³-hybridized carbons (Fsp3) is 0.350. The molecule has 0 radical (unpaired) electrons. The first-order valence-corrected chi connectivity index (χ1v) is 10.7. The Kier molecular flexibility index (Phi) is 4.44. The third-order valence-corrected chi connectivity index (χ3v) is 9.99. The number of Topliss-reactive ketones (excluding diaryl/α,β-unsaturated/α-hetero) is 1. The first kappa shape index (κ1) is 18.7. The lowest BCUT2D eigenvalue weighted by atomic mass is 9.62. The van der Waals surface area contributed by atoms with Crippen molar-refractivity contribution in [1.82, 2.24) is 0 Å². The fourth-order valence-corrected chi connectivity index (χ4v) is 7.48. The van der Waals surface area contributed by atoms with Crippen LogP contribution >= 0.6 is 47.0 Å². The van der Waals surface area contributed by atoms with Gasteiger partial charge in [0.2, 0.25) is 0 Å². The van der Waals surface area contributed by atoms with Crippen LogP contribution in [0.15, 0.2) is 48.5 Å². The SMILES string of the molecule is CC1C(=O)C(C)(C)C12SOC(c1ccc(Cl)cc1)(c1ccc(Cl)cc1)S2. The molecular formula is C20H18Cl2O2S2. The predicted molar refractivity (Wildman–Crippen MR) is 111 cm³/mol. The summed E-state index contributed by atoms with van der Waals surface area (Å²) in [5, 5.41) is 1.36. The van der Waals surface area contributed by atoms with Gasteiger partial charge in [0.05, 0.1) is 5.41 Å². The van der Waals surface area contributed by atoms with Crippen molar-refractivity contribution in [2.75, 3.05) is 0 Å². The molecule has 0 bridgehead atoms. The first-order valence-electron chi connectivity index (χ1n) is 8.36. The highest BCUT2D eigenvalue weighted by atomic mass is 35.5. The predicted octanol–water partition coefficient (Wildman–Crippen LogP) is 6.55. The van der Waals surface area contributed by atoms with Crippen molar-refractivity contribution in [3.8, 4) is 0 Å². The Balaban J connectivity index is 1.85. The number of hydrogen-bond donors (Lipinski definition) is 0. The summed E-state index contributed by atoms with van der Waals surface area (Å²) in [6.45, 7) is 6.02. The lowest BCUT2D eigenvalue weighted by Crippen LogP contribution is -2.63. The van der Waals surface area contributed by atoms with E-state index in [1.807, 2.05) is 69.3 Å². The average molecular weight is 425 g/mol. The highest BCUT2D eigenvalue weighted by molar-refractivity contribution is 8.19. The summed E-state index contributed by atoms with van der Waals surface area (Å²) >= 11 is 15.3. The molecule has 6 heteroatoms. The van der Waals surface area contributed by atoms with Crippen molar-refractivity contribution in [1.29, 1.82) is 0 Å². The van der Waals surface area contributed by atoms with Gasteiger partial charge in [0.25, 0.3) is 0 Å². The monoisotopic (exact) mass is 424 g/mol. The molecule has 2 aromatic rings. The van der Waals surface area contributed by atoms with E-state index < -0.39 is 10.3 Å². The lowest BCUT2D eigenvalue weighted by molar-refractivity contribution is -0.142. The van der Waals surface area contributed by atoms with Gasteiger partial charge in [-0.15, -0.1) is 0 Å². The lowest BCUT2D eigenvalue weighted by Gasteiger charge is -2.54. The molecule has 2 nitrogen and oxygen atoms in total. The molecule has 4 rings (SSSR count). The number of halogens is 2. The van der Waals surface area contributed by atoms with Crippen LogP contribution in [-0.2, 0) is 13.9 Å². The van der Waals surface area contributed by atoms with E-state index in [9.17, 15) is 4.79 Å². The molecule has 1 spiro atoms. The molecule has 1 aliphatic carbocycles. The van der Waals surface area contributed by atoms with Crippen LogP contribution < -0.4 is 0 Å². The minimum Gasteiger partial charge on any atom is -0.299 e. The largest absolute Gasteiger partial charge is 0.299 e. The number of hydrogen-bond acceptors (Lipinski definition) is 4. The van der Waals surface area contributed by atoms with Gasteiger partial charge in [-0.05, 0) is 35.4 Å². The molecule has 2 aromatic carbocycles. The summed E-state index contributed by atoms with van der Waals surface area (Å²) in [7, 11) is 0. The number of ketones is 1. The number of benzene rings is 2. The number of thioether (sulfide) groups is 1. The molecule has 0 aromatic heterocycles. The fourth-order valence-electron chi connectivity index (χ4n) is 3.83. The average Bonchev–Trinajstić information content (AvgIpc) is 3.06. The summed E-state index contributed by atoms with van der Waals surface area (Å²) in [6.07, 6.45) is 0. The van der Waals surface area contributed by atoms with E-state index in [0.717, 1.165) is 11.1 Å². The van der Waals surface area contributed by atoms with E-state index in [0.29, 0.717) is 10.0 Å². The Morgan fingerprint density at radius 2 is 1.38 bits per heavy atom. The molecular weight excluding hydrogens is 407 g/mol. The molecule has 26 heavy (non-hydrogen) atoms. The van der Waals surface area contributed by atoms with Crippen LogP contribution in [-0.4, -0.2) is 9.86 Å². The van der Waals surface area contributed by atoms with Crippen LogP contribution in [0.4, 0.5) is 0 Å². The van der Waals surface area contributed by atoms with Gasteiger partial charge in [-0.3, -0.25) is 8.98 Å². The molecule has 0 N–H and O–H groups in total. The molecule has 2 aliphatic rings. The van der Waals surface area contributed by atoms with E-state index in [4.69, 9.17) is 27.4 Å². The second-order valence-electron chi connectivity index (χ2n) is 7.28. The minimum absolute atomic E-state index is 0.0750. The van der Waals surface area contributed by atoms with E-state index in [1.165, 1.54) is 12.0 Å². The second kappa shape index (κ2) is 6.18. The van der Waals surface area contributed by atoms with Gasteiger partial charge in [-0.1, -0.05) is 80.0 Å². The molecule has 136 valence electrons. The zero-order valence-electron chi connectivity index (χ0n) is 14.6. The molecule has 2 atom stereocenters. The standard InChI is InChI=1S/C20H18Cl2O2S2/c1-12-17(23)18(2,3)20(12)25-19(24-26-20,13-4-8-15(21)9-5-13)14-6-10-16(22)11-7-14/h4-12H,1-3H3. The van der Waals surface area contributed by atoms with Gasteiger partial charge in [0.15, 0.2) is 4.93 Å². The molecule has 2 unspecified atom stereocenters. The van der Waals surface area contributed by atoms with E-state index in [2.05, 4.69) is 0 Å². The van der Waals surface area contributed by atoms with Gasteiger partial charge in [0.1, 0.15) is 9.86 Å². The molecule has 0 amide bonds. The van der Waals surface area contributed by atoms with Crippen LogP contribution in [0.2, 0.25) is 10.0 Å². The van der Waals surface area contributed by atoms with Crippen LogP contribution in [0, 0.1) is 11.3 Å². The summed E-state index contributed by atoms with van der Waals surface area (Å²) in [6, 6.07) is 15.4. The molecule has 1 saturated carbocycles. The minimum atomic E-state index is -0.716. The number of carbonyl (C=O) groups excluding carboxylic acids is 1. The van der Waals surface area contributed by atoms with Crippen LogP contribution in [0.1, 0.15) is 31.9 Å². The Hall–Kier alpha value is -0.650. The van der Waals surface area contributed by atoms with Gasteiger partial charge >= 0.3 is 0 Å². The maximum Gasteiger partial charge on any atom is 0.180 e. The second-order valence-corrected chi connectivity index (χ2v) is 10.8. The van der Waals surface area contributed by atoms with Crippen LogP contribution in [0.5, 0.6) is 0 Å². The van der Waals surface area contributed by atoms with Crippen molar-refractivity contribution in [2.24, 2.45) is 11.3 Å². The molecule has 1 heterocycles. The van der Waals surface area contributed by atoms with Crippen molar-refractivity contribution >= 4 is 52.8 Å². The smallest absolute Gasteiger partial charge is 0.180 e. The Bertz CT molecular complexity index is 819. The molecule has 1 saturated heterocycles. The van der Waals surface area contributed by atoms with Gasteiger partial charge in [-0.2, -0.15) is 0 Å². The van der Waals surface area contributed by atoms with E-state index in [1.54, 1.807) is 11.8 Å². The Morgan fingerprint density at radius 3 is 1.81 bits per heavy atom. The van der Waals surface area contributed by atoms with E-state index >= 15 is 0 Å². The quantitative estimate of drug-likeness (QED) is 0.510. The highest BCUT2D eigenvalue weighted by Gasteiger charge is 2.73. The van der Waals surface area contributed by atoms with Crippen LogP contribution in [0.25, 0.3) is 0 Å². The topological polar surface area (TPSA) is 26.3 Å². The first-order chi connectivity index (χ1) is 12.2. The summed E-state index contributed by atoms with van der Waals surface area (Å²) in [5.74, 6) is 0.207. The highest BCUT2D eigenvalue weighted by Crippen LogP contribution is 2.75. The van der Waals surface area contributed by atoms with Gasteiger partial charge in [0, 0.05) is 28.0 Å². The Labute approximate surface area is 172 Å². The molecule has 2 fully saturated rings. The molecule has 1 aliphatic heterocycles. The van der Waals surface area contributed by atoms with Gasteiger partial charge < -0.3 is 0 Å². The van der Waals surface area contributed by atoms with Crippen LogP contribution in [0.3, 0.4) is 0 Å². The summed E-state index contributed by atoms with van der Waals surface area (Å²) in [5.41, 5.74) is 1.55. The number of carbonyl (C=O) groups is 1. The normalized spacial score (nSPS) is 29.0. The van der Waals surface area contributed by atoms with Crippen molar-refractivity contribution in [2.45, 2.75) is 29.8 Å². The number of rotatable bonds is 2. The maximum atomic E-state index is 12.5. The van der Waals surface area contributed by atoms with Crippen molar-refractivity contribution < 1.29 is 8.98 Å². The zero-order valence-corrected chi connectivity index (χ0v) is 17.7. The Morgan fingerprint density at radius 1 is 0.923 bits per heavy atom. The van der Waals surface area contributed by atoms with E-state index in [-0.39, 0.29) is 15.8 Å². The third-order valence-electron chi connectivity index (χ3n) is 5.48. The van der Waals surface area contributed by atoms with Gasteiger partial charge in [-0.25, -0.2) is 0 Å². The van der Waals surface area contributed by atoms with Crippen molar-refractivity contribution in [3.05, 3.63) is 69.7 Å². The third kappa shape index (κ3) is 2.43. The maximum absolute atomic E-state index is 12.5.